The summed E-state index contributed by atoms with van der Waals surface area (Å²) < 4.78 is 47.3. The Bertz CT molecular complexity index is 1080. The third-order valence-corrected chi connectivity index (χ3v) is 6.38. The molecule has 3 N–H and O–H groups in total. The van der Waals surface area contributed by atoms with Gasteiger partial charge < -0.3 is 20.1 Å². The van der Waals surface area contributed by atoms with Gasteiger partial charge in [0.1, 0.15) is 35.5 Å². The second-order valence-corrected chi connectivity index (χ2v) is 8.64. The summed E-state index contributed by atoms with van der Waals surface area (Å²) in [6.45, 7) is 1.43. The van der Waals surface area contributed by atoms with Crippen molar-refractivity contribution < 1.29 is 33.2 Å². The molecule has 0 amide bonds. The van der Waals surface area contributed by atoms with Gasteiger partial charge in [-0.05, 0) is 31.2 Å². The highest BCUT2D eigenvalue weighted by Crippen LogP contribution is 2.38. The molecule has 2 aromatic carbocycles. The predicted molar refractivity (Wildman–Crippen MR) is 109 cm³/mol. The molecule has 1 aromatic heterocycles. The topological polar surface area (TPSA) is 101 Å². The predicted octanol–water partition coefficient (Wildman–Crippen LogP) is 2.44. The first-order chi connectivity index (χ1) is 15.3. The fraction of sp³-hybridized carbons (Fsp3) is 0.333. The van der Waals surface area contributed by atoms with Gasteiger partial charge in [0.2, 0.25) is 0 Å². The molecule has 170 valence electrons. The molecule has 0 saturated carbocycles. The maximum atomic E-state index is 13.6. The average Bonchev–Trinajstić information content (AvgIpc) is 3.25. The Balaban J connectivity index is 1.63. The smallest absolute Gasteiger partial charge is 0.194 e. The van der Waals surface area contributed by atoms with Crippen LogP contribution in [-0.2, 0) is 4.74 Å². The van der Waals surface area contributed by atoms with Crippen LogP contribution in [0.15, 0.2) is 47.5 Å². The van der Waals surface area contributed by atoms with Gasteiger partial charge in [0.05, 0.1) is 12.8 Å². The van der Waals surface area contributed by atoms with E-state index in [4.69, 9.17) is 4.74 Å². The van der Waals surface area contributed by atoms with E-state index in [1.54, 1.807) is 0 Å². The second kappa shape index (κ2) is 9.20. The summed E-state index contributed by atoms with van der Waals surface area (Å²) in [5.41, 5.74) is 0.159. The third-order valence-electron chi connectivity index (χ3n) is 5.22. The molecule has 1 fully saturated rings. The number of halogens is 3. The Kier molecular flexibility index (Phi) is 6.54. The van der Waals surface area contributed by atoms with Crippen LogP contribution in [0.4, 0.5) is 13.2 Å². The molecule has 1 aliphatic heterocycles. The van der Waals surface area contributed by atoms with Crippen molar-refractivity contribution in [1.82, 2.24) is 15.0 Å². The minimum atomic E-state index is -1.60. The summed E-state index contributed by atoms with van der Waals surface area (Å²) in [4.78, 5) is 0.808. The molecule has 0 aliphatic carbocycles. The first-order valence-corrected chi connectivity index (χ1v) is 10.6. The van der Waals surface area contributed by atoms with Crippen molar-refractivity contribution in [2.45, 2.75) is 41.6 Å². The second-order valence-electron chi connectivity index (χ2n) is 7.47. The number of thioether (sulfide) groups is 1. The number of aryl methyl sites for hydroxylation is 1. The van der Waals surface area contributed by atoms with E-state index in [1.165, 1.54) is 18.0 Å². The number of aromatic nitrogens is 3. The molecule has 2 heterocycles. The van der Waals surface area contributed by atoms with Crippen molar-refractivity contribution in [2.24, 2.45) is 0 Å². The summed E-state index contributed by atoms with van der Waals surface area (Å²) in [5, 5.41) is 39.0. The normalized spacial score (nSPS) is 25.8. The van der Waals surface area contributed by atoms with E-state index in [0.29, 0.717) is 0 Å². The number of ether oxygens (including phenoxy) is 1. The van der Waals surface area contributed by atoms with Crippen molar-refractivity contribution in [2.75, 3.05) is 6.61 Å². The van der Waals surface area contributed by atoms with Crippen LogP contribution >= 0.6 is 11.8 Å². The van der Waals surface area contributed by atoms with E-state index in [1.807, 2.05) is 31.2 Å². The molecule has 32 heavy (non-hydrogen) atoms. The number of nitrogens with zero attached hydrogens (tertiary/aromatic N) is 3. The highest BCUT2D eigenvalue weighted by molar-refractivity contribution is 7.99. The molecule has 0 bridgehead atoms. The van der Waals surface area contributed by atoms with Crippen molar-refractivity contribution in [3.63, 3.8) is 0 Å². The molecule has 0 spiro atoms. The quantitative estimate of drug-likeness (QED) is 0.496. The summed E-state index contributed by atoms with van der Waals surface area (Å²) >= 11 is 1.21. The van der Waals surface area contributed by atoms with Gasteiger partial charge in [0.15, 0.2) is 17.5 Å². The largest absolute Gasteiger partial charge is 0.394 e. The van der Waals surface area contributed by atoms with Crippen LogP contribution in [0, 0.1) is 24.4 Å². The van der Waals surface area contributed by atoms with Gasteiger partial charge in [0, 0.05) is 10.5 Å². The number of aliphatic hydroxyl groups is 3. The van der Waals surface area contributed by atoms with E-state index in [9.17, 15) is 28.5 Å². The van der Waals surface area contributed by atoms with Gasteiger partial charge in [-0.3, -0.25) is 0 Å². The summed E-state index contributed by atoms with van der Waals surface area (Å²) in [6.07, 6.45) is -2.35. The van der Waals surface area contributed by atoms with Crippen LogP contribution in [-0.4, -0.2) is 60.7 Å². The number of hydrogen-bond acceptors (Lipinski definition) is 7. The lowest BCUT2D eigenvalue weighted by atomic mass is 9.97. The van der Waals surface area contributed by atoms with E-state index >= 15 is 0 Å². The maximum Gasteiger partial charge on any atom is 0.194 e. The summed E-state index contributed by atoms with van der Waals surface area (Å²) in [6, 6.07) is 7.99. The lowest BCUT2D eigenvalue weighted by Gasteiger charge is -2.41. The van der Waals surface area contributed by atoms with E-state index < -0.39 is 53.8 Å². The summed E-state index contributed by atoms with van der Waals surface area (Å²) in [5.74, 6) is -4.36. The standard InChI is InChI=1S/C21H20F3N3O4S/c1-10-2-4-12(5-3-10)32-21-20(30)18(19(29)16(9-28)31-21)27-8-15(25-26-27)11-6-13(22)17(24)14(23)7-11/h2-8,16,18-21,28-30H,9H2,1H3/t16-,18+,19+,20-,21+/m1/s1. The molecule has 0 unspecified atom stereocenters. The van der Waals surface area contributed by atoms with Crippen molar-refractivity contribution in [3.05, 3.63) is 65.6 Å². The SMILES string of the molecule is Cc1ccc(S[C@@H]2O[C@H](CO)[C@H](O)[C@H](n3cc(-c4cc(F)c(F)c(F)c4)nn3)[C@H]2O)cc1. The maximum absolute atomic E-state index is 13.6. The monoisotopic (exact) mass is 467 g/mol. The number of aliphatic hydroxyl groups excluding tert-OH is 3. The fourth-order valence-corrected chi connectivity index (χ4v) is 4.55. The van der Waals surface area contributed by atoms with Gasteiger partial charge in [0.25, 0.3) is 0 Å². The lowest BCUT2D eigenvalue weighted by molar-refractivity contribution is -0.178. The Morgan fingerprint density at radius 2 is 1.72 bits per heavy atom. The van der Waals surface area contributed by atoms with Crippen molar-refractivity contribution >= 4 is 11.8 Å². The van der Waals surface area contributed by atoms with Gasteiger partial charge >= 0.3 is 0 Å². The minimum Gasteiger partial charge on any atom is -0.394 e. The Hall–Kier alpha value is -2.44. The molecule has 3 aromatic rings. The van der Waals surface area contributed by atoms with Crippen LogP contribution in [0.25, 0.3) is 11.3 Å². The Morgan fingerprint density at radius 1 is 1.06 bits per heavy atom. The average molecular weight is 467 g/mol. The molecule has 11 heteroatoms. The molecule has 1 aliphatic rings. The van der Waals surface area contributed by atoms with Gasteiger partial charge in [-0.1, -0.05) is 34.7 Å². The van der Waals surface area contributed by atoms with Crippen LogP contribution in [0.2, 0.25) is 0 Å². The van der Waals surface area contributed by atoms with Gasteiger partial charge in [-0.25, -0.2) is 17.9 Å². The Morgan fingerprint density at radius 3 is 2.34 bits per heavy atom. The van der Waals surface area contributed by atoms with Crippen LogP contribution in [0.3, 0.4) is 0 Å². The lowest BCUT2D eigenvalue weighted by Crippen LogP contribution is -2.55. The van der Waals surface area contributed by atoms with Crippen LogP contribution in [0.1, 0.15) is 11.6 Å². The Labute approximate surface area is 185 Å². The molecule has 4 rings (SSSR count). The van der Waals surface area contributed by atoms with E-state index in [0.717, 1.165) is 27.3 Å². The molecule has 1 saturated heterocycles. The van der Waals surface area contributed by atoms with Crippen molar-refractivity contribution in [1.29, 1.82) is 0 Å². The molecule has 7 nitrogen and oxygen atoms in total. The molecular formula is C21H20F3N3O4S. The minimum absolute atomic E-state index is 0.0111. The van der Waals surface area contributed by atoms with Gasteiger partial charge in [-0.2, -0.15) is 0 Å². The highest BCUT2D eigenvalue weighted by Gasteiger charge is 2.46. The third kappa shape index (κ3) is 4.39. The van der Waals surface area contributed by atoms with Crippen LogP contribution in [0.5, 0.6) is 0 Å². The van der Waals surface area contributed by atoms with E-state index in [2.05, 4.69) is 10.3 Å². The molecular weight excluding hydrogens is 447 g/mol. The van der Waals surface area contributed by atoms with Crippen molar-refractivity contribution in [3.8, 4) is 11.3 Å². The first kappa shape index (κ1) is 22.7. The zero-order chi connectivity index (χ0) is 23.0. The zero-order valence-corrected chi connectivity index (χ0v) is 17.6. The first-order valence-electron chi connectivity index (χ1n) is 9.71. The molecule has 5 atom stereocenters. The highest BCUT2D eigenvalue weighted by atomic mass is 32.2. The summed E-state index contributed by atoms with van der Waals surface area (Å²) in [7, 11) is 0. The number of hydrogen-bond donors (Lipinski definition) is 3. The zero-order valence-electron chi connectivity index (χ0n) is 16.8. The number of benzene rings is 2. The molecule has 0 radical (unpaired) electrons. The fourth-order valence-electron chi connectivity index (χ4n) is 3.49. The number of rotatable bonds is 5. The van der Waals surface area contributed by atoms with Crippen LogP contribution < -0.4 is 0 Å². The van der Waals surface area contributed by atoms with E-state index in [-0.39, 0.29) is 11.3 Å². The van der Waals surface area contributed by atoms with Gasteiger partial charge in [-0.15, -0.1) is 5.10 Å².